The second-order valence-corrected chi connectivity index (χ2v) is 7.81. The number of nitrogens with zero attached hydrogens (tertiary/aromatic N) is 4. The van der Waals surface area contributed by atoms with E-state index in [2.05, 4.69) is 15.1 Å². The van der Waals surface area contributed by atoms with Crippen molar-refractivity contribution in [3.8, 4) is 5.75 Å². The standard InChI is InChI=1S/C16H16N4O4S/c1-11-15-7-14(9-18-16(15)24-19-11)25(21,22)20-6-4-13(10-20)23-12-3-2-5-17-8-12/h2-3,5,7-9,13H,4,6,10H2,1H3. The van der Waals surface area contributed by atoms with E-state index in [0.29, 0.717) is 35.5 Å². The lowest BCUT2D eigenvalue weighted by Crippen LogP contribution is -2.31. The summed E-state index contributed by atoms with van der Waals surface area (Å²) in [7, 11) is -3.64. The minimum atomic E-state index is -3.64. The molecule has 0 N–H and O–H groups in total. The first-order valence-corrected chi connectivity index (χ1v) is 9.27. The van der Waals surface area contributed by atoms with Gasteiger partial charge in [0.1, 0.15) is 16.7 Å². The molecule has 1 aliphatic rings. The Labute approximate surface area is 144 Å². The van der Waals surface area contributed by atoms with Crippen molar-refractivity contribution in [2.45, 2.75) is 24.3 Å². The smallest absolute Gasteiger partial charge is 0.257 e. The molecule has 1 saturated heterocycles. The molecule has 1 unspecified atom stereocenters. The second-order valence-electron chi connectivity index (χ2n) is 5.87. The number of pyridine rings is 2. The van der Waals surface area contributed by atoms with Crippen LogP contribution in [-0.2, 0) is 10.0 Å². The highest BCUT2D eigenvalue weighted by Crippen LogP contribution is 2.26. The van der Waals surface area contributed by atoms with Gasteiger partial charge in [0.25, 0.3) is 5.71 Å². The minimum absolute atomic E-state index is 0.133. The van der Waals surface area contributed by atoms with Crippen LogP contribution in [0.2, 0.25) is 0 Å². The minimum Gasteiger partial charge on any atom is -0.487 e. The maximum atomic E-state index is 12.9. The fourth-order valence-electron chi connectivity index (χ4n) is 2.84. The van der Waals surface area contributed by atoms with Crippen molar-refractivity contribution in [2.24, 2.45) is 0 Å². The largest absolute Gasteiger partial charge is 0.487 e. The zero-order valence-corrected chi connectivity index (χ0v) is 14.3. The fraction of sp³-hybridized carbons (Fsp3) is 0.312. The number of aromatic nitrogens is 3. The average Bonchev–Trinajstić information content (AvgIpc) is 3.23. The Morgan fingerprint density at radius 3 is 3.04 bits per heavy atom. The van der Waals surface area contributed by atoms with Crippen molar-refractivity contribution >= 4 is 21.1 Å². The molecule has 130 valence electrons. The summed E-state index contributed by atoms with van der Waals surface area (Å²) in [4.78, 5) is 8.18. The van der Waals surface area contributed by atoms with Crippen LogP contribution in [0.5, 0.6) is 5.75 Å². The molecule has 0 spiro atoms. The molecule has 0 radical (unpaired) electrons. The fourth-order valence-corrected chi connectivity index (χ4v) is 4.30. The molecule has 3 aromatic rings. The van der Waals surface area contributed by atoms with Crippen molar-refractivity contribution in [2.75, 3.05) is 13.1 Å². The van der Waals surface area contributed by atoms with Crippen LogP contribution in [0.25, 0.3) is 11.1 Å². The lowest BCUT2D eigenvalue weighted by molar-refractivity contribution is 0.214. The first-order valence-electron chi connectivity index (χ1n) is 7.83. The van der Waals surface area contributed by atoms with Crippen LogP contribution in [0.4, 0.5) is 0 Å². The normalized spacial score (nSPS) is 18.7. The van der Waals surface area contributed by atoms with Gasteiger partial charge in [0.05, 0.1) is 30.0 Å². The third-order valence-electron chi connectivity index (χ3n) is 4.17. The molecule has 1 atom stereocenters. The van der Waals surface area contributed by atoms with Gasteiger partial charge >= 0.3 is 0 Å². The molecule has 1 fully saturated rings. The first-order chi connectivity index (χ1) is 12.0. The van der Waals surface area contributed by atoms with Gasteiger partial charge in [0, 0.05) is 12.7 Å². The average molecular weight is 360 g/mol. The van der Waals surface area contributed by atoms with Gasteiger partial charge in [-0.25, -0.2) is 13.4 Å². The summed E-state index contributed by atoms with van der Waals surface area (Å²) >= 11 is 0. The Kier molecular flexibility index (Phi) is 3.89. The Morgan fingerprint density at radius 2 is 2.24 bits per heavy atom. The third kappa shape index (κ3) is 2.96. The number of hydrogen-bond donors (Lipinski definition) is 0. The van der Waals surface area contributed by atoms with Crippen LogP contribution in [0.3, 0.4) is 0 Å². The zero-order valence-electron chi connectivity index (χ0n) is 13.5. The lowest BCUT2D eigenvalue weighted by atomic mass is 10.3. The predicted molar refractivity (Wildman–Crippen MR) is 88.6 cm³/mol. The van der Waals surface area contributed by atoms with Gasteiger partial charge in [-0.2, -0.15) is 4.31 Å². The van der Waals surface area contributed by atoms with Crippen LogP contribution in [0, 0.1) is 6.92 Å². The summed E-state index contributed by atoms with van der Waals surface area (Å²) in [6.45, 7) is 2.43. The second kappa shape index (κ2) is 6.08. The van der Waals surface area contributed by atoms with Crippen LogP contribution in [0.1, 0.15) is 12.1 Å². The van der Waals surface area contributed by atoms with E-state index in [1.807, 2.05) is 0 Å². The van der Waals surface area contributed by atoms with E-state index in [4.69, 9.17) is 9.26 Å². The topological polar surface area (TPSA) is 98.4 Å². The van der Waals surface area contributed by atoms with Gasteiger partial charge < -0.3 is 9.26 Å². The van der Waals surface area contributed by atoms with Crippen LogP contribution in [-0.4, -0.2) is 47.0 Å². The predicted octanol–water partition coefficient (Wildman–Crippen LogP) is 1.77. The van der Waals surface area contributed by atoms with Crippen molar-refractivity contribution in [1.29, 1.82) is 0 Å². The number of rotatable bonds is 4. The summed E-state index contributed by atoms with van der Waals surface area (Å²) in [5.41, 5.74) is 0.939. The van der Waals surface area contributed by atoms with Gasteiger partial charge in [0.2, 0.25) is 10.0 Å². The van der Waals surface area contributed by atoms with E-state index in [1.54, 1.807) is 37.5 Å². The molecule has 0 aromatic carbocycles. The van der Waals surface area contributed by atoms with E-state index < -0.39 is 10.0 Å². The van der Waals surface area contributed by atoms with E-state index in [9.17, 15) is 8.42 Å². The Morgan fingerprint density at radius 1 is 1.36 bits per heavy atom. The van der Waals surface area contributed by atoms with Crippen molar-refractivity contribution in [1.82, 2.24) is 19.4 Å². The molecular formula is C16H16N4O4S. The van der Waals surface area contributed by atoms with E-state index in [1.165, 1.54) is 10.5 Å². The molecule has 0 aliphatic carbocycles. The molecule has 25 heavy (non-hydrogen) atoms. The highest BCUT2D eigenvalue weighted by molar-refractivity contribution is 7.89. The molecule has 0 bridgehead atoms. The van der Waals surface area contributed by atoms with Gasteiger partial charge in [-0.1, -0.05) is 5.16 Å². The van der Waals surface area contributed by atoms with E-state index >= 15 is 0 Å². The van der Waals surface area contributed by atoms with Crippen LogP contribution >= 0.6 is 0 Å². The van der Waals surface area contributed by atoms with Crippen molar-refractivity contribution in [3.05, 3.63) is 42.5 Å². The van der Waals surface area contributed by atoms with Crippen molar-refractivity contribution < 1.29 is 17.7 Å². The molecule has 8 nitrogen and oxygen atoms in total. The maximum absolute atomic E-state index is 12.9. The highest BCUT2D eigenvalue weighted by atomic mass is 32.2. The van der Waals surface area contributed by atoms with Crippen LogP contribution < -0.4 is 4.74 Å². The molecule has 9 heteroatoms. The lowest BCUT2D eigenvalue weighted by Gasteiger charge is -2.17. The third-order valence-corrected chi connectivity index (χ3v) is 6.00. The Hall–Kier alpha value is -2.52. The van der Waals surface area contributed by atoms with Gasteiger partial charge in [-0.15, -0.1) is 0 Å². The first kappa shape index (κ1) is 16.0. The number of hydrogen-bond acceptors (Lipinski definition) is 7. The monoisotopic (exact) mass is 360 g/mol. The summed E-state index contributed by atoms with van der Waals surface area (Å²) in [5.74, 6) is 0.634. The Bertz CT molecular complexity index is 1000. The number of fused-ring (bicyclic) bond motifs is 1. The summed E-state index contributed by atoms with van der Waals surface area (Å²) in [6, 6.07) is 5.14. The molecule has 3 aromatic heterocycles. The maximum Gasteiger partial charge on any atom is 0.257 e. The van der Waals surface area contributed by atoms with Crippen molar-refractivity contribution in [3.63, 3.8) is 0 Å². The Balaban J connectivity index is 1.55. The number of sulfonamides is 1. The number of aryl methyl sites for hydroxylation is 1. The molecule has 4 heterocycles. The SMILES string of the molecule is Cc1noc2ncc(S(=O)(=O)N3CCC(Oc4cccnc4)C3)cc12. The van der Waals surface area contributed by atoms with E-state index in [0.717, 1.165) is 0 Å². The quantitative estimate of drug-likeness (QED) is 0.699. The summed E-state index contributed by atoms with van der Waals surface area (Å²) in [6.07, 6.45) is 5.00. The van der Waals surface area contributed by atoms with E-state index in [-0.39, 0.29) is 17.5 Å². The van der Waals surface area contributed by atoms with Gasteiger partial charge in [-0.05, 0) is 31.5 Å². The highest BCUT2D eigenvalue weighted by Gasteiger charge is 2.34. The summed E-state index contributed by atoms with van der Waals surface area (Å²) < 4.78 is 38.0. The number of ether oxygens (including phenoxy) is 1. The van der Waals surface area contributed by atoms with Gasteiger partial charge in [-0.3, -0.25) is 4.98 Å². The molecular weight excluding hydrogens is 344 g/mol. The zero-order chi connectivity index (χ0) is 17.4. The molecule has 0 amide bonds. The van der Waals surface area contributed by atoms with Crippen LogP contribution in [0.15, 0.2) is 46.2 Å². The molecule has 1 aliphatic heterocycles. The molecule has 0 saturated carbocycles. The molecule has 4 rings (SSSR count). The summed E-state index contributed by atoms with van der Waals surface area (Å²) in [5, 5.41) is 4.40. The van der Waals surface area contributed by atoms with Gasteiger partial charge in [0.15, 0.2) is 0 Å².